The second kappa shape index (κ2) is 4.26. The number of anilines is 1. The van der Waals surface area contributed by atoms with Crippen molar-refractivity contribution in [2.45, 2.75) is 18.9 Å². The molecule has 0 radical (unpaired) electrons. The molecule has 16 heavy (non-hydrogen) atoms. The molecule has 84 valence electrons. The van der Waals surface area contributed by atoms with Crippen molar-refractivity contribution in [1.82, 2.24) is 14.9 Å². The van der Waals surface area contributed by atoms with Crippen molar-refractivity contribution in [2.75, 3.05) is 12.4 Å². The number of likely N-dealkylation sites (tertiary alicyclic amines) is 1. The van der Waals surface area contributed by atoms with Crippen molar-refractivity contribution in [3.63, 3.8) is 0 Å². The molecular weight excluding hydrogens is 208 g/mol. The Morgan fingerprint density at radius 3 is 2.75 bits per heavy atom. The van der Waals surface area contributed by atoms with Crippen LogP contribution in [0.15, 0.2) is 18.5 Å². The highest BCUT2D eigenvalue weighted by molar-refractivity contribution is 6.01. The van der Waals surface area contributed by atoms with Crippen molar-refractivity contribution in [1.29, 1.82) is 0 Å². The lowest BCUT2D eigenvalue weighted by molar-refractivity contribution is -0.146. The van der Waals surface area contributed by atoms with Crippen molar-refractivity contribution < 1.29 is 9.59 Å². The molecule has 0 bridgehead atoms. The first kappa shape index (κ1) is 10.5. The average molecular weight is 220 g/mol. The van der Waals surface area contributed by atoms with Gasteiger partial charge in [-0.15, -0.1) is 0 Å². The SMILES string of the molecule is CN1C(=O)CCC(Nc2ncccn2)C1=O. The molecule has 2 heterocycles. The zero-order valence-electron chi connectivity index (χ0n) is 8.88. The van der Waals surface area contributed by atoms with Gasteiger partial charge in [-0.3, -0.25) is 14.5 Å². The van der Waals surface area contributed by atoms with Gasteiger partial charge in [-0.2, -0.15) is 0 Å². The maximum Gasteiger partial charge on any atom is 0.251 e. The number of likely N-dealkylation sites (N-methyl/N-ethyl adjacent to an activating group) is 1. The largest absolute Gasteiger partial charge is 0.342 e. The topological polar surface area (TPSA) is 75.2 Å². The second-order valence-corrected chi connectivity index (χ2v) is 3.60. The molecule has 1 fully saturated rings. The standard InChI is InChI=1S/C10H12N4O2/c1-14-8(15)4-3-7(9(14)16)13-10-11-5-2-6-12-10/h2,5-7H,3-4H2,1H3,(H,11,12,13). The van der Waals surface area contributed by atoms with E-state index in [1.54, 1.807) is 18.5 Å². The van der Waals surface area contributed by atoms with Gasteiger partial charge in [0.25, 0.3) is 5.91 Å². The van der Waals surface area contributed by atoms with Gasteiger partial charge in [0.2, 0.25) is 11.9 Å². The Labute approximate surface area is 92.7 Å². The van der Waals surface area contributed by atoms with Gasteiger partial charge in [0.1, 0.15) is 6.04 Å². The molecule has 1 N–H and O–H groups in total. The predicted molar refractivity (Wildman–Crippen MR) is 56.5 cm³/mol. The Bertz CT molecular complexity index is 407. The summed E-state index contributed by atoms with van der Waals surface area (Å²) < 4.78 is 0. The average Bonchev–Trinajstić information content (AvgIpc) is 2.31. The third kappa shape index (κ3) is 2.00. The lowest BCUT2D eigenvalue weighted by Crippen LogP contribution is -2.48. The zero-order chi connectivity index (χ0) is 11.5. The third-order valence-corrected chi connectivity index (χ3v) is 2.52. The highest BCUT2D eigenvalue weighted by atomic mass is 16.2. The molecule has 1 atom stereocenters. The maximum absolute atomic E-state index is 11.7. The molecule has 0 aromatic carbocycles. The molecule has 6 nitrogen and oxygen atoms in total. The summed E-state index contributed by atoms with van der Waals surface area (Å²) in [7, 11) is 1.49. The molecule has 1 unspecified atom stereocenters. The quantitative estimate of drug-likeness (QED) is 0.712. The number of hydrogen-bond acceptors (Lipinski definition) is 5. The van der Waals surface area contributed by atoms with Crippen LogP contribution in [-0.4, -0.2) is 39.8 Å². The fourth-order valence-corrected chi connectivity index (χ4v) is 1.58. The molecule has 1 aromatic heterocycles. The number of amides is 2. The summed E-state index contributed by atoms with van der Waals surface area (Å²) in [6.45, 7) is 0. The van der Waals surface area contributed by atoms with E-state index in [1.807, 2.05) is 0 Å². The first-order valence-electron chi connectivity index (χ1n) is 5.02. The molecule has 6 heteroatoms. The van der Waals surface area contributed by atoms with Gasteiger partial charge in [-0.1, -0.05) is 0 Å². The van der Waals surface area contributed by atoms with Crippen LogP contribution in [-0.2, 0) is 9.59 Å². The first-order valence-corrected chi connectivity index (χ1v) is 5.02. The minimum absolute atomic E-state index is 0.142. The third-order valence-electron chi connectivity index (χ3n) is 2.52. The molecule has 1 saturated heterocycles. The number of imide groups is 1. The highest BCUT2D eigenvalue weighted by Crippen LogP contribution is 2.14. The van der Waals surface area contributed by atoms with E-state index in [2.05, 4.69) is 15.3 Å². The fraction of sp³-hybridized carbons (Fsp3) is 0.400. The van der Waals surface area contributed by atoms with E-state index in [4.69, 9.17) is 0 Å². The minimum Gasteiger partial charge on any atom is -0.342 e. The van der Waals surface area contributed by atoms with E-state index in [9.17, 15) is 9.59 Å². The molecule has 1 aliphatic heterocycles. The summed E-state index contributed by atoms with van der Waals surface area (Å²) >= 11 is 0. The van der Waals surface area contributed by atoms with Crippen LogP contribution in [0.3, 0.4) is 0 Å². The molecule has 0 aliphatic carbocycles. The van der Waals surface area contributed by atoms with Gasteiger partial charge in [-0.05, 0) is 12.5 Å². The Kier molecular flexibility index (Phi) is 2.80. The van der Waals surface area contributed by atoms with E-state index >= 15 is 0 Å². The number of piperidine rings is 1. The van der Waals surface area contributed by atoms with Crippen molar-refractivity contribution >= 4 is 17.8 Å². The summed E-state index contributed by atoms with van der Waals surface area (Å²) in [6, 6.07) is 1.29. The number of rotatable bonds is 2. The van der Waals surface area contributed by atoms with Gasteiger partial charge >= 0.3 is 0 Å². The Balaban J connectivity index is 2.06. The number of nitrogens with one attached hydrogen (secondary N) is 1. The first-order chi connectivity index (χ1) is 7.68. The van der Waals surface area contributed by atoms with Gasteiger partial charge in [0.05, 0.1) is 0 Å². The van der Waals surface area contributed by atoms with Crippen LogP contribution >= 0.6 is 0 Å². The maximum atomic E-state index is 11.7. The van der Waals surface area contributed by atoms with Crippen LogP contribution in [0, 0.1) is 0 Å². The molecule has 0 saturated carbocycles. The monoisotopic (exact) mass is 220 g/mol. The van der Waals surface area contributed by atoms with Crippen LogP contribution in [0.1, 0.15) is 12.8 Å². The molecular formula is C10H12N4O2. The Morgan fingerprint density at radius 1 is 1.38 bits per heavy atom. The summed E-state index contributed by atoms with van der Waals surface area (Å²) in [4.78, 5) is 32.1. The van der Waals surface area contributed by atoms with Crippen LogP contribution in [0.2, 0.25) is 0 Å². The summed E-state index contributed by atoms with van der Waals surface area (Å²) in [6.07, 6.45) is 4.04. The molecule has 0 spiro atoms. The van der Waals surface area contributed by atoms with E-state index in [-0.39, 0.29) is 11.8 Å². The van der Waals surface area contributed by atoms with Crippen molar-refractivity contribution in [3.05, 3.63) is 18.5 Å². The van der Waals surface area contributed by atoms with Crippen LogP contribution in [0.4, 0.5) is 5.95 Å². The van der Waals surface area contributed by atoms with Crippen LogP contribution in [0.25, 0.3) is 0 Å². The predicted octanol–water partition coefficient (Wildman–Crippen LogP) is 0.0359. The Hall–Kier alpha value is -1.98. The van der Waals surface area contributed by atoms with Gasteiger partial charge < -0.3 is 5.32 Å². The van der Waals surface area contributed by atoms with Crippen molar-refractivity contribution in [3.8, 4) is 0 Å². The van der Waals surface area contributed by atoms with E-state index < -0.39 is 6.04 Å². The lowest BCUT2D eigenvalue weighted by atomic mass is 10.1. The van der Waals surface area contributed by atoms with Crippen LogP contribution in [0.5, 0.6) is 0 Å². The summed E-state index contributed by atoms with van der Waals surface area (Å²) in [5.74, 6) is 0.0318. The fourth-order valence-electron chi connectivity index (χ4n) is 1.58. The number of carbonyl (C=O) groups excluding carboxylic acids is 2. The number of hydrogen-bond donors (Lipinski definition) is 1. The molecule has 2 amide bonds. The lowest BCUT2D eigenvalue weighted by Gasteiger charge is -2.27. The second-order valence-electron chi connectivity index (χ2n) is 3.60. The summed E-state index contributed by atoms with van der Waals surface area (Å²) in [5.41, 5.74) is 0. The van der Waals surface area contributed by atoms with Crippen molar-refractivity contribution in [2.24, 2.45) is 0 Å². The highest BCUT2D eigenvalue weighted by Gasteiger charge is 2.31. The number of aromatic nitrogens is 2. The minimum atomic E-state index is -0.412. The van der Waals surface area contributed by atoms with E-state index in [1.165, 1.54) is 7.05 Å². The Morgan fingerprint density at radius 2 is 2.06 bits per heavy atom. The number of carbonyl (C=O) groups is 2. The normalized spacial score (nSPS) is 21.1. The van der Waals surface area contributed by atoms with Gasteiger partial charge in [-0.25, -0.2) is 9.97 Å². The van der Waals surface area contributed by atoms with Crippen LogP contribution < -0.4 is 5.32 Å². The van der Waals surface area contributed by atoms with E-state index in [0.29, 0.717) is 18.8 Å². The molecule has 1 aromatic rings. The molecule has 2 rings (SSSR count). The van der Waals surface area contributed by atoms with E-state index in [0.717, 1.165) is 4.90 Å². The number of nitrogens with zero attached hydrogens (tertiary/aromatic N) is 3. The summed E-state index contributed by atoms with van der Waals surface area (Å²) in [5, 5.41) is 2.92. The molecule has 1 aliphatic rings. The zero-order valence-corrected chi connectivity index (χ0v) is 8.88. The van der Waals surface area contributed by atoms with Gasteiger partial charge in [0, 0.05) is 25.9 Å². The van der Waals surface area contributed by atoms with Gasteiger partial charge in [0.15, 0.2) is 0 Å². The smallest absolute Gasteiger partial charge is 0.251 e.